The Morgan fingerprint density at radius 2 is 1.55 bits per heavy atom. The number of rotatable bonds is 6. The molecule has 0 spiro atoms. The average Bonchev–Trinajstić information content (AvgIpc) is 2.86. The number of fused-ring (bicyclic) bond motifs is 2. The Bertz CT molecular complexity index is 1190. The van der Waals surface area contributed by atoms with Gasteiger partial charge in [0.05, 0.1) is 23.6 Å². The zero-order valence-corrected chi connectivity index (χ0v) is 18.7. The molecule has 1 heterocycles. The summed E-state index contributed by atoms with van der Waals surface area (Å²) in [5.41, 5.74) is 12.8. The van der Waals surface area contributed by atoms with E-state index in [-0.39, 0.29) is 24.7 Å². The second kappa shape index (κ2) is 10.0. The highest BCUT2D eigenvalue weighted by Gasteiger charge is 2.26. The molecule has 168 valence electrons. The number of para-hydroxylation sites is 1. The summed E-state index contributed by atoms with van der Waals surface area (Å²) in [6, 6.07) is 25.8. The van der Waals surface area contributed by atoms with Crippen LogP contribution in [0.25, 0.3) is 11.4 Å². The third-order valence-electron chi connectivity index (χ3n) is 5.83. The van der Waals surface area contributed by atoms with Crippen LogP contribution in [0, 0.1) is 0 Å². The normalized spacial score (nSPS) is 15.0. The van der Waals surface area contributed by atoms with Crippen molar-refractivity contribution >= 4 is 28.9 Å². The molecular weight excluding hydrogens is 412 g/mol. The summed E-state index contributed by atoms with van der Waals surface area (Å²) in [6.07, 6.45) is 0.268. The van der Waals surface area contributed by atoms with E-state index in [0.717, 1.165) is 33.6 Å². The van der Waals surface area contributed by atoms with Gasteiger partial charge >= 0.3 is 0 Å². The van der Waals surface area contributed by atoms with Gasteiger partial charge in [-0.2, -0.15) is 0 Å². The zero-order valence-electron chi connectivity index (χ0n) is 18.7. The smallest absolute Gasteiger partial charge is 0.227 e. The molecule has 4 N–H and O–H groups in total. The lowest BCUT2D eigenvalue weighted by molar-refractivity contribution is -0.125. The molecule has 0 bridgehead atoms. The molecule has 0 saturated heterocycles. The van der Waals surface area contributed by atoms with Crippen LogP contribution in [0.4, 0.5) is 5.69 Å². The van der Waals surface area contributed by atoms with E-state index < -0.39 is 0 Å². The first-order valence-corrected chi connectivity index (χ1v) is 11.0. The summed E-state index contributed by atoms with van der Waals surface area (Å²) in [6.45, 7) is 1.02. The molecule has 1 aliphatic heterocycles. The van der Waals surface area contributed by atoms with Gasteiger partial charge in [0.25, 0.3) is 0 Å². The fourth-order valence-electron chi connectivity index (χ4n) is 4.05. The lowest BCUT2D eigenvalue weighted by Crippen LogP contribution is -2.34. The number of amides is 2. The van der Waals surface area contributed by atoms with Gasteiger partial charge in [0.15, 0.2) is 0 Å². The number of hydrogen-bond acceptors (Lipinski definition) is 4. The van der Waals surface area contributed by atoms with Crippen molar-refractivity contribution in [1.29, 1.82) is 0 Å². The number of anilines is 1. The fourth-order valence-corrected chi connectivity index (χ4v) is 4.05. The Labute approximate surface area is 194 Å². The van der Waals surface area contributed by atoms with Crippen LogP contribution < -0.4 is 21.3 Å². The predicted molar refractivity (Wildman–Crippen MR) is 132 cm³/mol. The van der Waals surface area contributed by atoms with Crippen LogP contribution in [0.2, 0.25) is 0 Å². The minimum absolute atomic E-state index is 0.116. The molecule has 0 saturated carbocycles. The Morgan fingerprint density at radius 1 is 0.879 bits per heavy atom. The van der Waals surface area contributed by atoms with Gasteiger partial charge in [0, 0.05) is 37.6 Å². The second-order valence-corrected chi connectivity index (χ2v) is 7.96. The molecule has 3 aromatic rings. The number of carbonyl (C=O) groups is 2. The van der Waals surface area contributed by atoms with Crippen molar-refractivity contribution in [2.75, 3.05) is 11.9 Å². The van der Waals surface area contributed by atoms with E-state index in [9.17, 15) is 9.59 Å². The highest BCUT2D eigenvalue weighted by atomic mass is 16.2. The van der Waals surface area contributed by atoms with Crippen LogP contribution in [-0.4, -0.2) is 18.9 Å². The van der Waals surface area contributed by atoms with Crippen molar-refractivity contribution in [3.8, 4) is 0 Å². The molecule has 33 heavy (non-hydrogen) atoms. The van der Waals surface area contributed by atoms with E-state index in [4.69, 9.17) is 5.73 Å². The van der Waals surface area contributed by atoms with Crippen molar-refractivity contribution in [1.82, 2.24) is 10.6 Å². The molecule has 0 aromatic heterocycles. The quantitative estimate of drug-likeness (QED) is 0.546. The number of nitrogens with two attached hydrogens (primary N) is 1. The van der Waals surface area contributed by atoms with Gasteiger partial charge in [-0.3, -0.25) is 9.59 Å². The van der Waals surface area contributed by atoms with Gasteiger partial charge in [-0.15, -0.1) is 0 Å². The van der Waals surface area contributed by atoms with Crippen molar-refractivity contribution in [3.05, 3.63) is 101 Å². The standard InChI is InChI=1S/C27H28N4O2/c1-29-24(32)15-16-25(33)31-18-20-11-5-6-12-21(20)27(30-17-19-9-3-2-4-10-19)26(28)22-13-7-8-14-23(22)31/h2-14,30H,15-18,28H2,1H3,(H,29,32)/b27-26-. The average molecular weight is 441 g/mol. The van der Waals surface area contributed by atoms with Crippen LogP contribution in [0.15, 0.2) is 78.9 Å². The molecule has 3 aromatic carbocycles. The number of nitrogens with one attached hydrogen (secondary N) is 2. The largest absolute Gasteiger partial charge is 0.396 e. The number of carbonyl (C=O) groups excluding carboxylic acids is 2. The highest BCUT2D eigenvalue weighted by Crippen LogP contribution is 2.35. The molecule has 0 aliphatic carbocycles. The summed E-state index contributed by atoms with van der Waals surface area (Å²) in [5.74, 6) is -0.273. The zero-order chi connectivity index (χ0) is 23.2. The third-order valence-corrected chi connectivity index (χ3v) is 5.83. The van der Waals surface area contributed by atoms with Crippen LogP contribution in [-0.2, 0) is 22.7 Å². The monoisotopic (exact) mass is 440 g/mol. The maximum absolute atomic E-state index is 13.2. The van der Waals surface area contributed by atoms with Crippen LogP contribution >= 0.6 is 0 Å². The van der Waals surface area contributed by atoms with Crippen molar-refractivity contribution in [2.45, 2.75) is 25.9 Å². The van der Waals surface area contributed by atoms with Crippen LogP contribution in [0.5, 0.6) is 0 Å². The van der Waals surface area contributed by atoms with Crippen LogP contribution in [0.3, 0.4) is 0 Å². The first kappa shape index (κ1) is 22.1. The van der Waals surface area contributed by atoms with Gasteiger partial charge in [-0.05, 0) is 17.2 Å². The van der Waals surface area contributed by atoms with Gasteiger partial charge in [-0.25, -0.2) is 0 Å². The van der Waals surface area contributed by atoms with Gasteiger partial charge in [0.1, 0.15) is 0 Å². The van der Waals surface area contributed by atoms with E-state index >= 15 is 0 Å². The highest BCUT2D eigenvalue weighted by molar-refractivity contribution is 6.01. The first-order valence-electron chi connectivity index (χ1n) is 11.0. The molecule has 4 rings (SSSR count). The molecule has 0 unspecified atom stereocenters. The van der Waals surface area contributed by atoms with E-state index in [0.29, 0.717) is 18.8 Å². The molecular formula is C27H28N4O2. The lowest BCUT2D eigenvalue weighted by Gasteiger charge is -2.30. The molecule has 0 radical (unpaired) electrons. The number of nitrogens with zero attached hydrogens (tertiary/aromatic N) is 1. The minimum atomic E-state index is -0.157. The van der Waals surface area contributed by atoms with Crippen LogP contribution in [0.1, 0.15) is 35.1 Å². The number of benzene rings is 3. The molecule has 6 nitrogen and oxygen atoms in total. The molecule has 6 heteroatoms. The number of hydrogen-bond donors (Lipinski definition) is 3. The predicted octanol–water partition coefficient (Wildman–Crippen LogP) is 3.63. The lowest BCUT2D eigenvalue weighted by atomic mass is 9.95. The Balaban J connectivity index is 1.77. The summed E-state index contributed by atoms with van der Waals surface area (Å²) >= 11 is 0. The van der Waals surface area contributed by atoms with Gasteiger partial charge in [0.2, 0.25) is 11.8 Å². The SMILES string of the molecule is CNC(=O)CCC(=O)N1Cc2ccccc2/C(NCc2ccccc2)=C(/N)c2ccccc21. The first-order chi connectivity index (χ1) is 16.1. The third kappa shape index (κ3) is 4.90. The Kier molecular flexibility index (Phi) is 6.74. The summed E-state index contributed by atoms with van der Waals surface area (Å²) in [7, 11) is 1.57. The molecule has 1 aliphatic rings. The second-order valence-electron chi connectivity index (χ2n) is 7.96. The maximum atomic E-state index is 13.2. The summed E-state index contributed by atoms with van der Waals surface area (Å²) in [4.78, 5) is 26.7. The summed E-state index contributed by atoms with van der Waals surface area (Å²) < 4.78 is 0. The van der Waals surface area contributed by atoms with Gasteiger partial charge in [-0.1, -0.05) is 72.8 Å². The van der Waals surface area contributed by atoms with E-state index in [2.05, 4.69) is 22.8 Å². The van der Waals surface area contributed by atoms with E-state index in [1.54, 1.807) is 11.9 Å². The van der Waals surface area contributed by atoms with E-state index in [1.165, 1.54) is 0 Å². The molecule has 0 fully saturated rings. The molecule has 2 amide bonds. The maximum Gasteiger partial charge on any atom is 0.227 e. The fraction of sp³-hybridized carbons (Fsp3) is 0.185. The van der Waals surface area contributed by atoms with Crippen molar-refractivity contribution in [3.63, 3.8) is 0 Å². The summed E-state index contributed by atoms with van der Waals surface area (Å²) in [5, 5.41) is 6.12. The van der Waals surface area contributed by atoms with Crippen molar-refractivity contribution < 1.29 is 9.59 Å². The van der Waals surface area contributed by atoms with Gasteiger partial charge < -0.3 is 21.3 Å². The Hall–Kier alpha value is -4.06. The topological polar surface area (TPSA) is 87.5 Å². The molecule has 0 atom stereocenters. The minimum Gasteiger partial charge on any atom is -0.396 e. The van der Waals surface area contributed by atoms with Crippen molar-refractivity contribution in [2.24, 2.45) is 5.73 Å². The van der Waals surface area contributed by atoms with E-state index in [1.807, 2.05) is 66.7 Å². The Morgan fingerprint density at radius 3 is 2.30 bits per heavy atom.